The van der Waals surface area contributed by atoms with Gasteiger partial charge in [0.15, 0.2) is 0 Å². The van der Waals surface area contributed by atoms with E-state index >= 15 is 0 Å². The average Bonchev–Trinajstić information content (AvgIpc) is 2.14. The molecule has 0 aromatic heterocycles. The van der Waals surface area contributed by atoms with Gasteiger partial charge in [-0.1, -0.05) is 41.5 Å². The van der Waals surface area contributed by atoms with Crippen molar-refractivity contribution in [2.75, 3.05) is 6.61 Å². The highest BCUT2D eigenvalue weighted by Gasteiger charge is 2.19. The third kappa shape index (κ3) is 8.62. The van der Waals surface area contributed by atoms with E-state index in [4.69, 9.17) is 5.11 Å². The van der Waals surface area contributed by atoms with E-state index in [1.165, 1.54) is 12.8 Å². The van der Waals surface area contributed by atoms with Gasteiger partial charge in [0.1, 0.15) is 0 Å². The number of hydrogen-bond donors (Lipinski definition) is 2. The van der Waals surface area contributed by atoms with Crippen LogP contribution >= 0.6 is 0 Å². The van der Waals surface area contributed by atoms with Crippen LogP contribution in [0.25, 0.3) is 0 Å². The summed E-state index contributed by atoms with van der Waals surface area (Å²) in [6.07, 6.45) is 3.32. The average molecular weight is 243 g/mol. The molecule has 0 rings (SSSR count). The van der Waals surface area contributed by atoms with Crippen LogP contribution in [0.2, 0.25) is 0 Å². The van der Waals surface area contributed by atoms with Crippen molar-refractivity contribution in [2.24, 2.45) is 17.8 Å². The molecule has 0 aliphatic carbocycles. The Hall–Kier alpha value is -0.0800. The third-order valence-corrected chi connectivity index (χ3v) is 3.21. The van der Waals surface area contributed by atoms with Crippen LogP contribution in [-0.2, 0) is 0 Å². The Kier molecular flexibility index (Phi) is 8.89. The molecule has 104 valence electrons. The van der Waals surface area contributed by atoms with Crippen molar-refractivity contribution in [2.45, 2.75) is 72.9 Å². The van der Waals surface area contributed by atoms with Crippen molar-refractivity contribution in [1.29, 1.82) is 0 Å². The summed E-state index contributed by atoms with van der Waals surface area (Å²) in [7, 11) is 0. The van der Waals surface area contributed by atoms with Gasteiger partial charge in [-0.05, 0) is 37.0 Å². The van der Waals surface area contributed by atoms with E-state index in [2.05, 4.69) is 46.9 Å². The first-order valence-corrected chi connectivity index (χ1v) is 7.23. The fourth-order valence-electron chi connectivity index (χ4n) is 2.42. The topological polar surface area (TPSA) is 32.3 Å². The molecule has 0 bridgehead atoms. The Morgan fingerprint density at radius 1 is 0.882 bits per heavy atom. The van der Waals surface area contributed by atoms with Crippen molar-refractivity contribution in [1.82, 2.24) is 5.32 Å². The van der Waals surface area contributed by atoms with Gasteiger partial charge in [-0.15, -0.1) is 0 Å². The molecule has 0 saturated heterocycles. The summed E-state index contributed by atoms with van der Waals surface area (Å²) in [4.78, 5) is 0. The molecule has 0 aliphatic rings. The first-order valence-electron chi connectivity index (χ1n) is 7.23. The molecule has 0 heterocycles. The lowest BCUT2D eigenvalue weighted by atomic mass is 9.92. The molecule has 2 heteroatoms. The lowest BCUT2D eigenvalue weighted by molar-refractivity contribution is 0.221. The SMILES string of the molecule is CC(C)CC(CC(C)C)NC(CCO)C(C)C. The maximum Gasteiger partial charge on any atom is 0.0445 e. The molecular formula is C15H33NO. The van der Waals surface area contributed by atoms with Crippen molar-refractivity contribution in [3.8, 4) is 0 Å². The lowest BCUT2D eigenvalue weighted by Gasteiger charge is -2.30. The van der Waals surface area contributed by atoms with Crippen molar-refractivity contribution < 1.29 is 5.11 Å². The van der Waals surface area contributed by atoms with E-state index in [-0.39, 0.29) is 6.61 Å². The Balaban J connectivity index is 4.35. The lowest BCUT2D eigenvalue weighted by Crippen LogP contribution is -2.43. The number of rotatable bonds is 9. The van der Waals surface area contributed by atoms with E-state index in [0.717, 1.165) is 18.3 Å². The summed E-state index contributed by atoms with van der Waals surface area (Å²) in [5, 5.41) is 12.9. The summed E-state index contributed by atoms with van der Waals surface area (Å²) in [6.45, 7) is 13.9. The number of aliphatic hydroxyl groups excluding tert-OH is 1. The minimum atomic E-state index is 0.284. The Morgan fingerprint density at radius 3 is 1.65 bits per heavy atom. The van der Waals surface area contributed by atoms with Gasteiger partial charge in [0.2, 0.25) is 0 Å². The molecule has 0 radical (unpaired) electrons. The molecule has 17 heavy (non-hydrogen) atoms. The summed E-state index contributed by atoms with van der Waals surface area (Å²) in [6, 6.07) is 1.04. The summed E-state index contributed by atoms with van der Waals surface area (Å²) in [5.74, 6) is 2.05. The van der Waals surface area contributed by atoms with Gasteiger partial charge in [-0.2, -0.15) is 0 Å². The highest BCUT2D eigenvalue weighted by atomic mass is 16.3. The van der Waals surface area contributed by atoms with Gasteiger partial charge in [0.25, 0.3) is 0 Å². The monoisotopic (exact) mass is 243 g/mol. The van der Waals surface area contributed by atoms with Crippen LogP contribution < -0.4 is 5.32 Å². The molecule has 0 saturated carbocycles. The Bertz CT molecular complexity index is 168. The summed E-state index contributed by atoms with van der Waals surface area (Å²) >= 11 is 0. The second kappa shape index (κ2) is 8.93. The molecule has 0 aromatic carbocycles. The van der Waals surface area contributed by atoms with Crippen LogP contribution in [0, 0.1) is 17.8 Å². The smallest absolute Gasteiger partial charge is 0.0445 e. The number of hydrogen-bond acceptors (Lipinski definition) is 2. The quantitative estimate of drug-likeness (QED) is 0.650. The van der Waals surface area contributed by atoms with Gasteiger partial charge in [0, 0.05) is 18.7 Å². The predicted molar refractivity (Wildman–Crippen MR) is 76.2 cm³/mol. The van der Waals surface area contributed by atoms with E-state index in [1.54, 1.807) is 0 Å². The maximum absolute atomic E-state index is 9.12. The molecule has 0 amide bonds. The minimum Gasteiger partial charge on any atom is -0.396 e. The van der Waals surface area contributed by atoms with Crippen molar-refractivity contribution in [3.63, 3.8) is 0 Å². The third-order valence-electron chi connectivity index (χ3n) is 3.21. The van der Waals surface area contributed by atoms with Gasteiger partial charge < -0.3 is 10.4 Å². The first kappa shape index (κ1) is 16.9. The first-order chi connectivity index (χ1) is 7.86. The highest BCUT2D eigenvalue weighted by molar-refractivity contribution is 4.78. The van der Waals surface area contributed by atoms with Gasteiger partial charge >= 0.3 is 0 Å². The van der Waals surface area contributed by atoms with E-state index in [0.29, 0.717) is 18.0 Å². The zero-order valence-electron chi connectivity index (χ0n) is 12.7. The fraction of sp³-hybridized carbons (Fsp3) is 1.00. The van der Waals surface area contributed by atoms with Crippen LogP contribution in [-0.4, -0.2) is 23.8 Å². The fourth-order valence-corrected chi connectivity index (χ4v) is 2.42. The molecule has 1 unspecified atom stereocenters. The molecule has 0 spiro atoms. The van der Waals surface area contributed by atoms with Crippen molar-refractivity contribution in [3.05, 3.63) is 0 Å². The molecule has 0 aromatic rings. The summed E-state index contributed by atoms with van der Waals surface area (Å²) < 4.78 is 0. The largest absolute Gasteiger partial charge is 0.396 e. The Morgan fingerprint density at radius 2 is 1.35 bits per heavy atom. The van der Waals surface area contributed by atoms with Gasteiger partial charge in [-0.25, -0.2) is 0 Å². The molecule has 0 fully saturated rings. The van der Waals surface area contributed by atoms with Gasteiger partial charge in [0.05, 0.1) is 0 Å². The number of aliphatic hydroxyl groups is 1. The molecule has 2 nitrogen and oxygen atoms in total. The maximum atomic E-state index is 9.12. The Labute approximate surface area is 108 Å². The zero-order chi connectivity index (χ0) is 13.4. The van der Waals surface area contributed by atoms with Crippen LogP contribution in [0.3, 0.4) is 0 Å². The van der Waals surface area contributed by atoms with E-state index in [9.17, 15) is 0 Å². The molecule has 2 N–H and O–H groups in total. The standard InChI is InChI=1S/C15H33NO/c1-11(2)9-14(10-12(3)4)16-15(7-8-17)13(5)6/h11-17H,7-10H2,1-6H3. The van der Waals surface area contributed by atoms with Gasteiger partial charge in [-0.3, -0.25) is 0 Å². The molecule has 1 atom stereocenters. The number of nitrogens with one attached hydrogen (secondary N) is 1. The highest BCUT2D eigenvalue weighted by Crippen LogP contribution is 2.16. The van der Waals surface area contributed by atoms with Crippen LogP contribution in [0.15, 0.2) is 0 Å². The minimum absolute atomic E-state index is 0.284. The second-order valence-electron chi connectivity index (χ2n) is 6.49. The van der Waals surface area contributed by atoms with E-state index < -0.39 is 0 Å². The van der Waals surface area contributed by atoms with Crippen LogP contribution in [0.5, 0.6) is 0 Å². The zero-order valence-corrected chi connectivity index (χ0v) is 12.7. The van der Waals surface area contributed by atoms with Crippen molar-refractivity contribution >= 4 is 0 Å². The second-order valence-corrected chi connectivity index (χ2v) is 6.49. The van der Waals surface area contributed by atoms with Crippen LogP contribution in [0.4, 0.5) is 0 Å². The predicted octanol–water partition coefficient (Wildman–Crippen LogP) is 3.44. The normalized spacial score (nSPS) is 14.3. The molecular weight excluding hydrogens is 210 g/mol. The van der Waals surface area contributed by atoms with E-state index in [1.807, 2.05) is 0 Å². The van der Waals surface area contributed by atoms with Crippen LogP contribution in [0.1, 0.15) is 60.8 Å². The molecule has 0 aliphatic heterocycles. The summed E-state index contributed by atoms with van der Waals surface area (Å²) in [5.41, 5.74) is 0.